The van der Waals surface area contributed by atoms with Crippen molar-refractivity contribution in [2.75, 3.05) is 6.54 Å². The van der Waals surface area contributed by atoms with Gasteiger partial charge in [0.15, 0.2) is 5.76 Å². The van der Waals surface area contributed by atoms with Crippen molar-refractivity contribution in [3.05, 3.63) is 24.2 Å². The lowest BCUT2D eigenvalue weighted by Gasteiger charge is -2.24. The maximum absolute atomic E-state index is 11.4. The third-order valence-corrected chi connectivity index (χ3v) is 2.81. The Balaban J connectivity index is 1.67. The minimum absolute atomic E-state index is 0.102. The molecule has 3 nitrogen and oxygen atoms in total. The lowest BCUT2D eigenvalue weighted by molar-refractivity contribution is 0.0921. The quantitative estimate of drug-likeness (QED) is 0.796. The van der Waals surface area contributed by atoms with E-state index in [1.54, 1.807) is 12.1 Å². The number of carbonyl (C=O) groups excluding carboxylic acids is 1. The summed E-state index contributed by atoms with van der Waals surface area (Å²) in [6, 6.07) is 3.40. The predicted molar refractivity (Wildman–Crippen MR) is 53.0 cm³/mol. The van der Waals surface area contributed by atoms with Crippen LogP contribution in [0.25, 0.3) is 0 Å². The molecular formula is C11H15NO2. The summed E-state index contributed by atoms with van der Waals surface area (Å²) in [7, 11) is 0. The molecule has 0 aliphatic heterocycles. The van der Waals surface area contributed by atoms with Gasteiger partial charge in [-0.3, -0.25) is 4.79 Å². The van der Waals surface area contributed by atoms with Gasteiger partial charge in [-0.2, -0.15) is 0 Å². The molecular weight excluding hydrogens is 178 g/mol. The Morgan fingerprint density at radius 1 is 1.57 bits per heavy atom. The van der Waals surface area contributed by atoms with E-state index in [1.807, 2.05) is 0 Å². The van der Waals surface area contributed by atoms with Crippen molar-refractivity contribution in [1.29, 1.82) is 0 Å². The lowest BCUT2D eigenvalue weighted by atomic mass is 9.83. The van der Waals surface area contributed by atoms with Gasteiger partial charge >= 0.3 is 0 Å². The van der Waals surface area contributed by atoms with E-state index in [2.05, 4.69) is 5.32 Å². The zero-order chi connectivity index (χ0) is 9.80. The molecule has 3 heteroatoms. The summed E-state index contributed by atoms with van der Waals surface area (Å²) in [6.07, 6.45) is 6.64. The number of hydrogen-bond donors (Lipinski definition) is 1. The summed E-state index contributed by atoms with van der Waals surface area (Å²) in [5.74, 6) is 1.14. The van der Waals surface area contributed by atoms with E-state index in [4.69, 9.17) is 4.42 Å². The van der Waals surface area contributed by atoms with Crippen LogP contribution in [0.5, 0.6) is 0 Å². The highest BCUT2D eigenvalue weighted by Crippen LogP contribution is 2.28. The van der Waals surface area contributed by atoms with Gasteiger partial charge in [-0.1, -0.05) is 19.3 Å². The monoisotopic (exact) mass is 193 g/mol. The molecule has 1 amide bonds. The van der Waals surface area contributed by atoms with Crippen molar-refractivity contribution in [1.82, 2.24) is 5.32 Å². The fourth-order valence-electron chi connectivity index (χ4n) is 1.67. The van der Waals surface area contributed by atoms with Gasteiger partial charge in [0.2, 0.25) is 0 Å². The Labute approximate surface area is 83.5 Å². The number of furan rings is 1. The number of rotatable bonds is 4. The van der Waals surface area contributed by atoms with Crippen LogP contribution in [0.2, 0.25) is 0 Å². The fraction of sp³-hybridized carbons (Fsp3) is 0.545. The van der Waals surface area contributed by atoms with Gasteiger partial charge < -0.3 is 9.73 Å². The molecule has 2 rings (SSSR count). The van der Waals surface area contributed by atoms with Gasteiger partial charge in [-0.25, -0.2) is 0 Å². The zero-order valence-electron chi connectivity index (χ0n) is 8.16. The summed E-state index contributed by atoms with van der Waals surface area (Å²) in [5.41, 5.74) is 0. The summed E-state index contributed by atoms with van der Waals surface area (Å²) in [4.78, 5) is 11.4. The van der Waals surface area contributed by atoms with Crippen molar-refractivity contribution < 1.29 is 9.21 Å². The SMILES string of the molecule is O=C(NCCC1CCC1)c1ccco1. The second-order valence-corrected chi connectivity index (χ2v) is 3.82. The molecule has 0 aromatic carbocycles. The van der Waals surface area contributed by atoms with Crippen LogP contribution >= 0.6 is 0 Å². The third-order valence-electron chi connectivity index (χ3n) is 2.81. The van der Waals surface area contributed by atoms with Gasteiger partial charge in [0.1, 0.15) is 0 Å². The molecule has 1 fully saturated rings. The van der Waals surface area contributed by atoms with Crippen molar-refractivity contribution in [2.24, 2.45) is 5.92 Å². The number of carbonyl (C=O) groups is 1. The van der Waals surface area contributed by atoms with Crippen LogP contribution in [0.1, 0.15) is 36.2 Å². The molecule has 0 spiro atoms. The molecule has 76 valence electrons. The topological polar surface area (TPSA) is 42.2 Å². The highest BCUT2D eigenvalue weighted by molar-refractivity contribution is 5.91. The van der Waals surface area contributed by atoms with E-state index in [9.17, 15) is 4.79 Å². The molecule has 1 saturated carbocycles. The van der Waals surface area contributed by atoms with E-state index < -0.39 is 0 Å². The summed E-state index contributed by atoms with van der Waals surface area (Å²) >= 11 is 0. The number of hydrogen-bond acceptors (Lipinski definition) is 2. The van der Waals surface area contributed by atoms with Crippen molar-refractivity contribution in [3.63, 3.8) is 0 Å². The molecule has 1 N–H and O–H groups in total. The Bertz CT molecular complexity index is 288. The van der Waals surface area contributed by atoms with E-state index >= 15 is 0 Å². The lowest BCUT2D eigenvalue weighted by Crippen LogP contribution is -2.27. The smallest absolute Gasteiger partial charge is 0.286 e. The van der Waals surface area contributed by atoms with E-state index in [0.717, 1.165) is 18.9 Å². The molecule has 0 saturated heterocycles. The molecule has 14 heavy (non-hydrogen) atoms. The molecule has 0 unspecified atom stereocenters. The van der Waals surface area contributed by atoms with Crippen LogP contribution in [0.4, 0.5) is 0 Å². The largest absolute Gasteiger partial charge is 0.459 e. The Kier molecular flexibility index (Phi) is 2.87. The molecule has 1 aromatic rings. The molecule has 1 aliphatic rings. The average molecular weight is 193 g/mol. The first-order valence-electron chi connectivity index (χ1n) is 5.18. The van der Waals surface area contributed by atoms with Crippen LogP contribution in [0.15, 0.2) is 22.8 Å². The first kappa shape index (κ1) is 9.31. The summed E-state index contributed by atoms with van der Waals surface area (Å²) in [6.45, 7) is 0.768. The normalized spacial score (nSPS) is 16.3. The highest BCUT2D eigenvalue weighted by atomic mass is 16.3. The third kappa shape index (κ3) is 2.16. The highest BCUT2D eigenvalue weighted by Gasteiger charge is 2.17. The van der Waals surface area contributed by atoms with Crippen LogP contribution in [-0.2, 0) is 0 Å². The molecule has 0 atom stereocenters. The van der Waals surface area contributed by atoms with Crippen LogP contribution in [0.3, 0.4) is 0 Å². The molecule has 1 aliphatic carbocycles. The maximum atomic E-state index is 11.4. The second kappa shape index (κ2) is 4.31. The Morgan fingerprint density at radius 2 is 2.43 bits per heavy atom. The van der Waals surface area contributed by atoms with Gasteiger partial charge in [0.25, 0.3) is 5.91 Å². The minimum Gasteiger partial charge on any atom is -0.459 e. The molecule has 1 heterocycles. The first-order valence-corrected chi connectivity index (χ1v) is 5.18. The fourth-order valence-corrected chi connectivity index (χ4v) is 1.67. The van der Waals surface area contributed by atoms with Crippen LogP contribution < -0.4 is 5.32 Å². The minimum atomic E-state index is -0.102. The summed E-state index contributed by atoms with van der Waals surface area (Å²) < 4.78 is 4.98. The van der Waals surface area contributed by atoms with Gasteiger partial charge in [0.05, 0.1) is 6.26 Å². The first-order chi connectivity index (χ1) is 6.86. The molecule has 1 aromatic heterocycles. The predicted octanol–water partition coefficient (Wildman–Crippen LogP) is 2.20. The molecule has 0 radical (unpaired) electrons. The van der Waals surface area contributed by atoms with Crippen molar-refractivity contribution in [2.45, 2.75) is 25.7 Å². The van der Waals surface area contributed by atoms with E-state index in [1.165, 1.54) is 25.5 Å². The number of amides is 1. The van der Waals surface area contributed by atoms with Gasteiger partial charge in [-0.05, 0) is 24.5 Å². The Hall–Kier alpha value is -1.25. The van der Waals surface area contributed by atoms with Crippen LogP contribution in [-0.4, -0.2) is 12.5 Å². The van der Waals surface area contributed by atoms with E-state index in [-0.39, 0.29) is 5.91 Å². The maximum Gasteiger partial charge on any atom is 0.286 e. The second-order valence-electron chi connectivity index (χ2n) is 3.82. The van der Waals surface area contributed by atoms with Crippen molar-refractivity contribution in [3.8, 4) is 0 Å². The summed E-state index contributed by atoms with van der Waals surface area (Å²) in [5, 5.41) is 2.85. The van der Waals surface area contributed by atoms with Crippen molar-refractivity contribution >= 4 is 5.91 Å². The standard InChI is InChI=1S/C11H15NO2/c13-11(10-5-2-8-14-10)12-7-6-9-3-1-4-9/h2,5,8-9H,1,3-4,6-7H2,(H,12,13). The van der Waals surface area contributed by atoms with Gasteiger partial charge in [0, 0.05) is 6.54 Å². The van der Waals surface area contributed by atoms with E-state index in [0.29, 0.717) is 5.76 Å². The van der Waals surface area contributed by atoms with Gasteiger partial charge in [-0.15, -0.1) is 0 Å². The molecule has 0 bridgehead atoms. The van der Waals surface area contributed by atoms with Crippen LogP contribution in [0, 0.1) is 5.92 Å². The Morgan fingerprint density at radius 3 is 3.00 bits per heavy atom. The zero-order valence-corrected chi connectivity index (χ0v) is 8.16. The number of nitrogens with one attached hydrogen (secondary N) is 1. The average Bonchev–Trinajstić information content (AvgIpc) is 2.61.